The van der Waals surface area contributed by atoms with Crippen LogP contribution >= 0.6 is 9.69 Å². The molecule has 0 radical (unpaired) electrons. The van der Waals surface area contributed by atoms with Gasteiger partial charge in [-0.3, -0.25) is 0 Å². The maximum absolute atomic E-state index is 7.14. The number of halogens is 1. The first-order chi connectivity index (χ1) is 6.92. The molecule has 0 spiro atoms. The fourth-order valence-corrected chi connectivity index (χ4v) is 1.47. The van der Waals surface area contributed by atoms with Crippen molar-refractivity contribution in [1.82, 2.24) is 4.98 Å². The van der Waals surface area contributed by atoms with E-state index in [1.54, 1.807) is 0 Å². The van der Waals surface area contributed by atoms with Gasteiger partial charge in [-0.2, -0.15) is 0 Å². The third-order valence-corrected chi connectivity index (χ3v) is 2.07. The van der Waals surface area contributed by atoms with Gasteiger partial charge in [-0.1, -0.05) is 18.2 Å². The summed E-state index contributed by atoms with van der Waals surface area (Å²) in [6.07, 6.45) is 2.84. The van der Waals surface area contributed by atoms with Crippen LogP contribution in [0.2, 0.25) is 0 Å². The summed E-state index contributed by atoms with van der Waals surface area (Å²) in [5, 5.41) is 1.25. The van der Waals surface area contributed by atoms with Crippen LogP contribution in [0.4, 0.5) is 0 Å². The number of benzene rings is 1. The van der Waals surface area contributed by atoms with Crippen LogP contribution in [0.5, 0.6) is 0 Å². The summed E-state index contributed by atoms with van der Waals surface area (Å²) in [6, 6.07) is 8.20. The molecule has 0 aliphatic heterocycles. The second-order valence-electron chi connectivity index (χ2n) is 2.86. The van der Waals surface area contributed by atoms with Crippen molar-refractivity contribution in [1.29, 1.82) is 0 Å². The Morgan fingerprint density at radius 1 is 1.27 bits per heavy atom. The predicted molar refractivity (Wildman–Crippen MR) is 63.5 cm³/mol. The van der Waals surface area contributed by atoms with Crippen molar-refractivity contribution in [2.45, 2.75) is 6.42 Å². The van der Waals surface area contributed by atoms with Gasteiger partial charge in [-0.15, -0.1) is 6.54 Å². The number of fused-ring (bicyclic) bond motifs is 1. The van der Waals surface area contributed by atoms with Crippen molar-refractivity contribution in [2.24, 2.45) is 0 Å². The number of para-hydroxylation sites is 1. The van der Waals surface area contributed by atoms with Gasteiger partial charge >= 0.3 is 27.0 Å². The summed E-state index contributed by atoms with van der Waals surface area (Å²) in [5.41, 5.74) is 9.56. The number of nitrogens with one attached hydrogen (secondary N) is 2. The minimum absolute atomic E-state index is 0. The van der Waals surface area contributed by atoms with Crippen molar-refractivity contribution >= 4 is 20.6 Å². The fourth-order valence-electron chi connectivity index (χ4n) is 1.47. The Labute approximate surface area is 105 Å². The maximum Gasteiger partial charge on any atom is 0.0456 e. The number of aromatic nitrogens is 1. The van der Waals surface area contributed by atoms with Gasteiger partial charge in [0.05, 0.1) is 0 Å². The molecule has 2 N–H and O–H groups in total. The molecular formula is C11H14ClN2Ru. The van der Waals surface area contributed by atoms with E-state index in [9.17, 15) is 0 Å². The van der Waals surface area contributed by atoms with Crippen molar-refractivity contribution in [3.63, 3.8) is 0 Å². The van der Waals surface area contributed by atoms with E-state index in [0.29, 0.717) is 6.54 Å². The van der Waals surface area contributed by atoms with Crippen molar-refractivity contribution in [3.05, 3.63) is 49.2 Å². The first-order valence-corrected chi connectivity index (χ1v) is 6.48. The Hall–Kier alpha value is -0.367. The van der Waals surface area contributed by atoms with Crippen molar-refractivity contribution < 1.29 is 17.3 Å². The molecule has 15 heavy (non-hydrogen) atoms. The first kappa shape index (κ1) is 14.6. The van der Waals surface area contributed by atoms with Gasteiger partial charge < -0.3 is 18.1 Å². The quantitative estimate of drug-likeness (QED) is 0.645. The molecule has 0 unspecified atom stereocenters. The fraction of sp³-hybridized carbons (Fsp3) is 0.182. The first-order valence-electron chi connectivity index (χ1n) is 4.25. The molecule has 0 saturated heterocycles. The molecule has 0 amide bonds. The molecule has 0 aliphatic carbocycles. The van der Waals surface area contributed by atoms with Crippen LogP contribution in [-0.2, 0) is 23.7 Å². The van der Waals surface area contributed by atoms with E-state index < -0.39 is 0 Å². The molecule has 1 aromatic carbocycles. The van der Waals surface area contributed by atoms with Crippen molar-refractivity contribution in [3.8, 4) is 0 Å². The zero-order valence-electron chi connectivity index (χ0n) is 8.53. The van der Waals surface area contributed by atoms with Gasteiger partial charge in [0.2, 0.25) is 0 Å². The molecule has 0 fully saturated rings. The van der Waals surface area contributed by atoms with E-state index in [-0.39, 0.29) is 7.43 Å². The average molecular weight is 311 g/mol. The molecule has 2 nitrogen and oxygen atoms in total. The number of aromatic amines is 1. The minimum atomic E-state index is 0. The van der Waals surface area contributed by atoms with Crippen molar-refractivity contribution in [2.75, 3.05) is 6.54 Å². The summed E-state index contributed by atoms with van der Waals surface area (Å²) in [5.74, 6) is 0. The zero-order chi connectivity index (χ0) is 10.4. The van der Waals surface area contributed by atoms with E-state index in [0.717, 1.165) is 6.42 Å². The topological polar surface area (TPSA) is 39.6 Å². The standard InChI is InChI=1S/C10H11N2.CH3.ClH.Ru/c11-6-5-8-7-12-10-4-2-1-3-9(8)10;;;/h1-4,7,11-12H,5-6H2;1H3;1H;/q2*-1;;+3/p-1. The van der Waals surface area contributed by atoms with E-state index in [4.69, 9.17) is 5.73 Å². The smallest absolute Gasteiger partial charge is 0.0456 e. The van der Waals surface area contributed by atoms with Crippen LogP contribution in [0.3, 0.4) is 0 Å². The normalized spacial score (nSPS) is 8.93. The van der Waals surface area contributed by atoms with E-state index in [1.807, 2.05) is 35.6 Å². The monoisotopic (exact) mass is 311 g/mol. The summed E-state index contributed by atoms with van der Waals surface area (Å²) in [4.78, 5) is 3.19. The molecule has 4 heteroatoms. The second kappa shape index (κ2) is 7.86. The SMILES string of the molecule is [CH3-].[Cl][Ru+2].[NH-]CCc1c[nH]c2ccccc12. The molecule has 0 bridgehead atoms. The van der Waals surface area contributed by atoms with Crippen LogP contribution in [0.15, 0.2) is 30.5 Å². The molecule has 0 aliphatic rings. The molecule has 2 rings (SSSR count). The third-order valence-electron chi connectivity index (χ3n) is 2.07. The molecular weight excluding hydrogens is 297 g/mol. The van der Waals surface area contributed by atoms with Gasteiger partial charge in [-0.05, 0) is 18.1 Å². The van der Waals surface area contributed by atoms with Gasteiger partial charge in [-0.25, -0.2) is 0 Å². The number of hydrogen-bond acceptors (Lipinski definition) is 0. The van der Waals surface area contributed by atoms with Crippen LogP contribution in [0.1, 0.15) is 5.56 Å². The van der Waals surface area contributed by atoms with E-state index in [2.05, 4.69) is 26.8 Å². The Morgan fingerprint density at radius 2 is 1.93 bits per heavy atom. The Morgan fingerprint density at radius 3 is 2.60 bits per heavy atom. The molecule has 2 aromatic rings. The molecule has 0 saturated carbocycles. The Balaban J connectivity index is 0.000000617. The van der Waals surface area contributed by atoms with Crippen LogP contribution < -0.4 is 0 Å². The van der Waals surface area contributed by atoms with E-state index in [1.165, 1.54) is 16.5 Å². The largest absolute Gasteiger partial charge is 0.677 e. The Kier molecular flexibility index (Phi) is 7.67. The second-order valence-corrected chi connectivity index (χ2v) is 2.86. The summed E-state index contributed by atoms with van der Waals surface area (Å²) < 4.78 is 0. The zero-order valence-corrected chi connectivity index (χ0v) is 11.0. The van der Waals surface area contributed by atoms with Crippen LogP contribution in [0, 0.1) is 7.43 Å². The van der Waals surface area contributed by atoms with Gasteiger partial charge in [0.15, 0.2) is 0 Å². The maximum atomic E-state index is 7.14. The third kappa shape index (κ3) is 3.60. The summed E-state index contributed by atoms with van der Waals surface area (Å²) in [7, 11) is 4.57. The molecule has 0 atom stereocenters. The van der Waals surface area contributed by atoms with Gasteiger partial charge in [0.25, 0.3) is 0 Å². The molecule has 83 valence electrons. The van der Waals surface area contributed by atoms with Gasteiger partial charge in [0, 0.05) is 17.1 Å². The van der Waals surface area contributed by atoms with Crippen LogP contribution in [-0.4, -0.2) is 11.5 Å². The summed E-state index contributed by atoms with van der Waals surface area (Å²) >= 11 is 1.82. The number of hydrogen-bond donors (Lipinski definition) is 1. The Bertz CT molecular complexity index is 387. The molecule has 1 aromatic heterocycles. The van der Waals surface area contributed by atoms with Crippen LogP contribution in [0.25, 0.3) is 16.6 Å². The minimum Gasteiger partial charge on any atom is -0.677 e. The van der Waals surface area contributed by atoms with Gasteiger partial charge in [0.1, 0.15) is 0 Å². The van der Waals surface area contributed by atoms with E-state index >= 15 is 0 Å². The average Bonchev–Trinajstić information content (AvgIpc) is 2.66. The number of H-pyrrole nitrogens is 1. The predicted octanol–water partition coefficient (Wildman–Crippen LogP) is 3.90. The summed E-state index contributed by atoms with van der Waals surface area (Å²) in [6.45, 7) is 0.460. The number of rotatable bonds is 2. The molecule has 1 heterocycles.